The molecule has 1 aromatic heterocycles. The molecule has 1 amide bonds. The molecule has 0 unspecified atom stereocenters. The van der Waals surface area contributed by atoms with E-state index in [9.17, 15) is 4.79 Å². The number of hydrogen-bond acceptors (Lipinski definition) is 4. The Kier molecular flexibility index (Phi) is 6.27. The van der Waals surface area contributed by atoms with Gasteiger partial charge in [-0.25, -0.2) is 0 Å². The zero-order valence-electron chi connectivity index (χ0n) is 16.6. The van der Waals surface area contributed by atoms with Crippen LogP contribution in [0.1, 0.15) is 17.7 Å². The minimum Gasteiger partial charge on any atom is -0.497 e. The van der Waals surface area contributed by atoms with Crippen LogP contribution in [0.15, 0.2) is 66.0 Å². The van der Waals surface area contributed by atoms with E-state index in [0.29, 0.717) is 0 Å². The highest BCUT2D eigenvalue weighted by atomic mass is 32.1. The molecular formula is C24H26N2O2S. The van der Waals surface area contributed by atoms with Crippen LogP contribution in [0.5, 0.6) is 5.75 Å². The Morgan fingerprint density at radius 1 is 1.10 bits per heavy atom. The van der Waals surface area contributed by atoms with Gasteiger partial charge in [-0.1, -0.05) is 36.4 Å². The van der Waals surface area contributed by atoms with Gasteiger partial charge in [-0.3, -0.25) is 9.69 Å². The molecule has 1 aliphatic rings. The summed E-state index contributed by atoms with van der Waals surface area (Å²) in [4.78, 5) is 16.8. The van der Waals surface area contributed by atoms with Crippen molar-refractivity contribution in [3.8, 4) is 16.9 Å². The fourth-order valence-electron chi connectivity index (χ4n) is 3.85. The maximum absolute atomic E-state index is 12.9. The van der Waals surface area contributed by atoms with Crippen molar-refractivity contribution in [2.45, 2.75) is 19.4 Å². The van der Waals surface area contributed by atoms with E-state index in [0.717, 1.165) is 55.0 Å². The van der Waals surface area contributed by atoms with Crippen LogP contribution in [0.2, 0.25) is 0 Å². The maximum atomic E-state index is 12.9. The number of hydrogen-bond donors (Lipinski definition) is 1. The van der Waals surface area contributed by atoms with Gasteiger partial charge in [0.25, 0.3) is 0 Å². The largest absolute Gasteiger partial charge is 0.497 e. The first-order valence-corrected chi connectivity index (χ1v) is 10.9. The van der Waals surface area contributed by atoms with Crippen LogP contribution in [-0.4, -0.2) is 31.0 Å². The van der Waals surface area contributed by atoms with Gasteiger partial charge in [0.15, 0.2) is 0 Å². The third-order valence-electron chi connectivity index (χ3n) is 5.48. The second-order valence-electron chi connectivity index (χ2n) is 7.40. The topological polar surface area (TPSA) is 41.6 Å². The lowest BCUT2D eigenvalue weighted by Crippen LogP contribution is -2.37. The number of piperidine rings is 1. The normalized spacial score (nSPS) is 15.2. The highest BCUT2D eigenvalue weighted by molar-refractivity contribution is 7.09. The Bertz CT molecular complexity index is 947. The Morgan fingerprint density at radius 2 is 1.93 bits per heavy atom. The summed E-state index contributed by atoms with van der Waals surface area (Å²) < 4.78 is 5.35. The predicted molar refractivity (Wildman–Crippen MR) is 119 cm³/mol. The number of rotatable bonds is 6. The molecule has 0 spiro atoms. The lowest BCUT2D eigenvalue weighted by molar-refractivity contribution is -0.121. The van der Waals surface area contributed by atoms with E-state index in [-0.39, 0.29) is 11.8 Å². The number of ether oxygens (including phenoxy) is 1. The van der Waals surface area contributed by atoms with Crippen LogP contribution in [0, 0.1) is 5.92 Å². The molecule has 1 N–H and O–H groups in total. The number of thiophene rings is 1. The smallest absolute Gasteiger partial charge is 0.227 e. The summed E-state index contributed by atoms with van der Waals surface area (Å²) in [7, 11) is 1.66. The molecule has 1 fully saturated rings. The summed E-state index contributed by atoms with van der Waals surface area (Å²) >= 11 is 1.80. The van der Waals surface area contributed by atoms with Gasteiger partial charge < -0.3 is 10.1 Å². The molecule has 0 radical (unpaired) electrons. The number of carbonyl (C=O) groups is 1. The highest BCUT2D eigenvalue weighted by Gasteiger charge is 2.25. The molecule has 4 nitrogen and oxygen atoms in total. The van der Waals surface area contributed by atoms with Crippen molar-refractivity contribution in [3.05, 3.63) is 70.9 Å². The molecule has 1 saturated heterocycles. The monoisotopic (exact) mass is 406 g/mol. The number of benzene rings is 2. The highest BCUT2D eigenvalue weighted by Crippen LogP contribution is 2.31. The first-order chi connectivity index (χ1) is 14.2. The van der Waals surface area contributed by atoms with Crippen LogP contribution < -0.4 is 10.1 Å². The molecule has 2 heterocycles. The summed E-state index contributed by atoms with van der Waals surface area (Å²) in [5.74, 6) is 0.991. The van der Waals surface area contributed by atoms with Crippen molar-refractivity contribution in [2.24, 2.45) is 5.92 Å². The molecular weight excluding hydrogens is 380 g/mol. The molecule has 5 heteroatoms. The summed E-state index contributed by atoms with van der Waals surface area (Å²) in [6.45, 7) is 2.92. The van der Waals surface area contributed by atoms with Gasteiger partial charge in [0.1, 0.15) is 5.75 Å². The Hall–Kier alpha value is -2.63. The van der Waals surface area contributed by atoms with Gasteiger partial charge in [0, 0.05) is 28.6 Å². The minimum atomic E-state index is 0.0629. The van der Waals surface area contributed by atoms with Crippen molar-refractivity contribution in [3.63, 3.8) is 0 Å². The molecule has 0 bridgehead atoms. The molecule has 2 aromatic carbocycles. The zero-order valence-corrected chi connectivity index (χ0v) is 17.5. The Balaban J connectivity index is 1.40. The molecule has 150 valence electrons. The van der Waals surface area contributed by atoms with E-state index in [4.69, 9.17) is 4.74 Å². The van der Waals surface area contributed by atoms with Gasteiger partial charge in [-0.2, -0.15) is 0 Å². The molecule has 0 saturated carbocycles. The quantitative estimate of drug-likeness (QED) is 0.606. The molecule has 0 aliphatic carbocycles. The van der Waals surface area contributed by atoms with Crippen LogP contribution in [0.25, 0.3) is 11.1 Å². The second kappa shape index (κ2) is 9.25. The third kappa shape index (κ3) is 4.86. The number of nitrogens with zero attached hydrogens (tertiary/aromatic N) is 1. The predicted octanol–water partition coefficient (Wildman–Crippen LogP) is 5.27. The van der Waals surface area contributed by atoms with Crippen LogP contribution in [0.4, 0.5) is 5.69 Å². The molecule has 0 atom stereocenters. The zero-order chi connectivity index (χ0) is 20.1. The first kappa shape index (κ1) is 19.7. The number of carbonyl (C=O) groups excluding carboxylic acids is 1. The number of amides is 1. The summed E-state index contributed by atoms with van der Waals surface area (Å²) in [5, 5.41) is 5.30. The molecule has 4 rings (SSSR count). The van der Waals surface area contributed by atoms with E-state index >= 15 is 0 Å². The molecule has 3 aromatic rings. The van der Waals surface area contributed by atoms with Crippen molar-refractivity contribution < 1.29 is 9.53 Å². The van der Waals surface area contributed by atoms with Crippen molar-refractivity contribution >= 4 is 22.9 Å². The van der Waals surface area contributed by atoms with E-state index in [1.165, 1.54) is 4.88 Å². The lowest BCUT2D eigenvalue weighted by Gasteiger charge is -2.31. The number of nitrogens with one attached hydrogen (secondary N) is 1. The number of methoxy groups -OCH3 is 1. The number of para-hydroxylation sites is 1. The summed E-state index contributed by atoms with van der Waals surface area (Å²) in [6, 6.07) is 20.2. The second-order valence-corrected chi connectivity index (χ2v) is 8.43. The van der Waals surface area contributed by atoms with Crippen LogP contribution >= 0.6 is 11.3 Å². The first-order valence-electron chi connectivity index (χ1n) is 10.0. The average molecular weight is 407 g/mol. The van der Waals surface area contributed by atoms with Crippen molar-refractivity contribution in [1.82, 2.24) is 4.90 Å². The average Bonchev–Trinajstić information content (AvgIpc) is 3.28. The number of anilines is 1. The fraction of sp³-hybridized carbons (Fsp3) is 0.292. The summed E-state index contributed by atoms with van der Waals surface area (Å²) in [6.07, 6.45) is 1.80. The van der Waals surface area contributed by atoms with E-state index in [1.54, 1.807) is 18.4 Å². The van der Waals surface area contributed by atoms with E-state index in [1.807, 2.05) is 48.5 Å². The SMILES string of the molecule is COc1cccc(-c2ccccc2NC(=O)C2CCN(Cc3cccs3)CC2)c1. The van der Waals surface area contributed by atoms with Crippen LogP contribution in [-0.2, 0) is 11.3 Å². The minimum absolute atomic E-state index is 0.0629. The Labute approximate surface area is 176 Å². The van der Waals surface area contributed by atoms with E-state index in [2.05, 4.69) is 27.7 Å². The van der Waals surface area contributed by atoms with Gasteiger partial charge in [0.2, 0.25) is 5.91 Å². The standard InChI is InChI=1S/C24H26N2O2S/c1-28-20-7-4-6-19(16-20)22-9-2-3-10-23(22)25-24(27)18-11-13-26(14-12-18)17-21-8-5-15-29-21/h2-10,15-16,18H,11-14,17H2,1H3,(H,25,27). The van der Waals surface area contributed by atoms with Crippen LogP contribution in [0.3, 0.4) is 0 Å². The maximum Gasteiger partial charge on any atom is 0.227 e. The van der Waals surface area contributed by atoms with Gasteiger partial charge in [-0.05, 0) is 61.1 Å². The third-order valence-corrected chi connectivity index (χ3v) is 6.34. The number of likely N-dealkylation sites (tertiary alicyclic amines) is 1. The van der Waals surface area contributed by atoms with E-state index < -0.39 is 0 Å². The van der Waals surface area contributed by atoms with Gasteiger partial charge in [0.05, 0.1) is 7.11 Å². The lowest BCUT2D eigenvalue weighted by atomic mass is 9.95. The summed E-state index contributed by atoms with van der Waals surface area (Å²) in [5.41, 5.74) is 2.90. The van der Waals surface area contributed by atoms with Gasteiger partial charge in [-0.15, -0.1) is 11.3 Å². The Morgan fingerprint density at radius 3 is 2.69 bits per heavy atom. The van der Waals surface area contributed by atoms with Crippen molar-refractivity contribution in [1.29, 1.82) is 0 Å². The van der Waals surface area contributed by atoms with Crippen molar-refractivity contribution in [2.75, 3.05) is 25.5 Å². The molecule has 29 heavy (non-hydrogen) atoms. The molecule has 1 aliphatic heterocycles. The van der Waals surface area contributed by atoms with Gasteiger partial charge >= 0.3 is 0 Å². The fourth-order valence-corrected chi connectivity index (χ4v) is 4.59.